The Hall–Kier alpha value is -3.10. The molecule has 2 saturated heterocycles. The van der Waals surface area contributed by atoms with Crippen molar-refractivity contribution in [2.75, 3.05) is 59.7 Å². The molecule has 0 saturated carbocycles. The minimum Gasteiger partial charge on any atom is -0.481 e. The molecule has 3 N–H and O–H groups in total. The lowest BCUT2D eigenvalue weighted by atomic mass is 9.97. The van der Waals surface area contributed by atoms with E-state index in [1.807, 2.05) is 0 Å². The third-order valence-corrected chi connectivity index (χ3v) is 5.76. The normalized spacial score (nSPS) is 18.2. The molecule has 29 heavy (non-hydrogen) atoms. The van der Waals surface area contributed by atoms with Crippen LogP contribution in [0.1, 0.15) is 12.8 Å². The first-order valence-corrected chi connectivity index (χ1v) is 9.86. The molecule has 0 unspecified atom stereocenters. The summed E-state index contributed by atoms with van der Waals surface area (Å²) in [5, 5.41) is 9.18. The molecular formula is C20H25FN6O2. The summed E-state index contributed by atoms with van der Waals surface area (Å²) in [5.74, 6) is 0.128. The molecule has 0 spiro atoms. The van der Waals surface area contributed by atoms with Crippen LogP contribution in [0, 0.1) is 11.7 Å². The summed E-state index contributed by atoms with van der Waals surface area (Å²) in [7, 11) is 0. The molecule has 3 heterocycles. The minimum atomic E-state index is -0.736. The number of hydrogen-bond donors (Lipinski definition) is 2. The van der Waals surface area contributed by atoms with Gasteiger partial charge in [-0.3, -0.25) is 4.79 Å². The Kier molecular flexibility index (Phi) is 5.37. The molecule has 0 amide bonds. The Labute approximate surface area is 168 Å². The number of piperazine rings is 1. The maximum atomic E-state index is 13.1. The zero-order chi connectivity index (χ0) is 20.4. The van der Waals surface area contributed by atoms with Crippen molar-refractivity contribution in [2.45, 2.75) is 12.8 Å². The van der Waals surface area contributed by atoms with Crippen LogP contribution in [0.2, 0.25) is 0 Å². The van der Waals surface area contributed by atoms with Crippen molar-refractivity contribution in [3.8, 4) is 0 Å². The van der Waals surface area contributed by atoms with Gasteiger partial charge in [-0.25, -0.2) is 14.4 Å². The van der Waals surface area contributed by atoms with Gasteiger partial charge in [-0.15, -0.1) is 0 Å². The van der Waals surface area contributed by atoms with Crippen LogP contribution in [-0.4, -0.2) is 60.3 Å². The summed E-state index contributed by atoms with van der Waals surface area (Å²) in [6.07, 6.45) is 2.70. The zero-order valence-corrected chi connectivity index (χ0v) is 16.2. The molecule has 0 atom stereocenters. The first kappa shape index (κ1) is 19.2. The van der Waals surface area contributed by atoms with Gasteiger partial charge in [-0.05, 0) is 37.1 Å². The maximum Gasteiger partial charge on any atom is 0.306 e. The van der Waals surface area contributed by atoms with Crippen LogP contribution >= 0.6 is 0 Å². The number of carboxylic acids is 1. The lowest BCUT2D eigenvalue weighted by Gasteiger charge is -2.38. The summed E-state index contributed by atoms with van der Waals surface area (Å²) < 4.78 is 13.1. The van der Waals surface area contributed by atoms with Gasteiger partial charge in [0.15, 0.2) is 11.6 Å². The molecule has 154 valence electrons. The number of carboxylic acid groups (broad SMARTS) is 1. The minimum absolute atomic E-state index is 0.235. The van der Waals surface area contributed by atoms with Crippen LogP contribution in [0.15, 0.2) is 30.6 Å². The zero-order valence-electron chi connectivity index (χ0n) is 16.2. The number of benzene rings is 1. The van der Waals surface area contributed by atoms with Gasteiger partial charge in [0.2, 0.25) is 0 Å². The van der Waals surface area contributed by atoms with E-state index < -0.39 is 5.97 Å². The lowest BCUT2D eigenvalue weighted by molar-refractivity contribution is -0.142. The smallest absolute Gasteiger partial charge is 0.306 e. The summed E-state index contributed by atoms with van der Waals surface area (Å²) >= 11 is 0. The number of aliphatic carboxylic acids is 1. The van der Waals surface area contributed by atoms with Crippen LogP contribution in [0.25, 0.3) is 0 Å². The SMILES string of the molecule is Nc1c(N2CCC(C(=O)O)CC2)ncnc1N1CCN(c2ccc(F)cc2)CC1. The highest BCUT2D eigenvalue weighted by Gasteiger charge is 2.28. The second-order valence-electron chi connectivity index (χ2n) is 7.48. The average Bonchev–Trinajstić information content (AvgIpc) is 2.75. The fourth-order valence-corrected chi connectivity index (χ4v) is 4.05. The third kappa shape index (κ3) is 4.03. The molecule has 0 radical (unpaired) electrons. The molecule has 0 bridgehead atoms. The van der Waals surface area contributed by atoms with E-state index in [0.29, 0.717) is 43.3 Å². The predicted molar refractivity (Wildman–Crippen MR) is 110 cm³/mol. The fraction of sp³-hybridized carbons (Fsp3) is 0.450. The number of anilines is 4. The van der Waals surface area contributed by atoms with Crippen LogP contribution in [0.3, 0.4) is 0 Å². The van der Waals surface area contributed by atoms with Crippen molar-refractivity contribution in [1.82, 2.24) is 9.97 Å². The standard InChI is InChI=1S/C20H25FN6O2/c21-15-1-3-16(4-2-15)25-9-11-27(12-10-25)19-17(22)18(23-13-24-19)26-7-5-14(6-8-26)20(28)29/h1-4,13-14H,5-12,22H2,(H,28,29). The third-order valence-electron chi connectivity index (χ3n) is 5.76. The van der Waals surface area contributed by atoms with Crippen LogP contribution < -0.4 is 20.4 Å². The topological polar surface area (TPSA) is 98.8 Å². The largest absolute Gasteiger partial charge is 0.481 e. The molecule has 4 rings (SSSR count). The van der Waals surface area contributed by atoms with E-state index in [0.717, 1.165) is 31.9 Å². The van der Waals surface area contributed by atoms with Gasteiger partial charge in [0.05, 0.1) is 5.92 Å². The molecule has 1 aromatic heterocycles. The summed E-state index contributed by atoms with van der Waals surface area (Å²) in [6, 6.07) is 6.54. The highest BCUT2D eigenvalue weighted by atomic mass is 19.1. The number of piperidine rings is 1. The molecular weight excluding hydrogens is 375 g/mol. The number of aromatic nitrogens is 2. The van der Waals surface area contributed by atoms with Crippen molar-refractivity contribution in [3.05, 3.63) is 36.4 Å². The first-order chi connectivity index (χ1) is 14.0. The fourth-order valence-electron chi connectivity index (χ4n) is 4.05. The maximum absolute atomic E-state index is 13.1. The van der Waals surface area contributed by atoms with Gasteiger partial charge < -0.3 is 25.5 Å². The molecule has 9 heteroatoms. The Morgan fingerprint density at radius 3 is 2.00 bits per heavy atom. The average molecular weight is 400 g/mol. The van der Waals surface area contributed by atoms with Gasteiger partial charge >= 0.3 is 5.97 Å². The van der Waals surface area contributed by atoms with Crippen molar-refractivity contribution in [3.63, 3.8) is 0 Å². The quantitative estimate of drug-likeness (QED) is 0.802. The molecule has 2 aliphatic rings. The first-order valence-electron chi connectivity index (χ1n) is 9.86. The Bertz CT molecular complexity index is 862. The molecule has 8 nitrogen and oxygen atoms in total. The number of carbonyl (C=O) groups is 1. The van der Waals surface area contributed by atoms with Gasteiger partial charge in [-0.1, -0.05) is 0 Å². The molecule has 0 aliphatic carbocycles. The van der Waals surface area contributed by atoms with E-state index in [9.17, 15) is 14.3 Å². The molecule has 2 aliphatic heterocycles. The summed E-state index contributed by atoms with van der Waals surface area (Å²) in [6.45, 7) is 4.31. The Balaban J connectivity index is 1.43. The van der Waals surface area contributed by atoms with Crippen molar-refractivity contribution < 1.29 is 14.3 Å². The number of nitrogens with two attached hydrogens (primary N) is 1. The van der Waals surface area contributed by atoms with Gasteiger partial charge in [0, 0.05) is 45.0 Å². The van der Waals surface area contributed by atoms with Crippen LogP contribution in [0.4, 0.5) is 27.4 Å². The van der Waals surface area contributed by atoms with Gasteiger partial charge in [0.1, 0.15) is 17.8 Å². The Morgan fingerprint density at radius 1 is 0.931 bits per heavy atom. The van der Waals surface area contributed by atoms with Crippen molar-refractivity contribution in [1.29, 1.82) is 0 Å². The molecule has 2 fully saturated rings. The van der Waals surface area contributed by atoms with E-state index in [2.05, 4.69) is 24.7 Å². The number of nitrogens with zero attached hydrogens (tertiary/aromatic N) is 5. The number of nitrogen functional groups attached to an aromatic ring is 1. The summed E-state index contributed by atoms with van der Waals surface area (Å²) in [5.41, 5.74) is 7.96. The van der Waals surface area contributed by atoms with Crippen molar-refractivity contribution >= 4 is 29.0 Å². The summed E-state index contributed by atoms with van der Waals surface area (Å²) in [4.78, 5) is 26.4. The predicted octanol–water partition coefficient (Wildman–Crippen LogP) is 1.83. The van der Waals surface area contributed by atoms with Crippen LogP contribution in [0.5, 0.6) is 0 Å². The van der Waals surface area contributed by atoms with E-state index in [1.165, 1.54) is 18.5 Å². The Morgan fingerprint density at radius 2 is 1.45 bits per heavy atom. The molecule has 2 aromatic rings. The molecule has 1 aromatic carbocycles. The number of hydrogen-bond acceptors (Lipinski definition) is 7. The number of rotatable bonds is 4. The lowest BCUT2D eigenvalue weighted by Crippen LogP contribution is -2.47. The van der Waals surface area contributed by atoms with Crippen LogP contribution in [-0.2, 0) is 4.79 Å². The van der Waals surface area contributed by atoms with E-state index in [1.54, 1.807) is 12.1 Å². The van der Waals surface area contributed by atoms with E-state index >= 15 is 0 Å². The second kappa shape index (κ2) is 8.10. The highest BCUT2D eigenvalue weighted by Crippen LogP contribution is 2.32. The monoisotopic (exact) mass is 400 g/mol. The van der Waals surface area contributed by atoms with Gasteiger partial charge in [-0.2, -0.15) is 0 Å². The van der Waals surface area contributed by atoms with Gasteiger partial charge in [0.25, 0.3) is 0 Å². The van der Waals surface area contributed by atoms with E-state index in [4.69, 9.17) is 5.73 Å². The van der Waals surface area contributed by atoms with E-state index in [-0.39, 0.29) is 11.7 Å². The highest BCUT2D eigenvalue weighted by molar-refractivity contribution is 5.76. The second-order valence-corrected chi connectivity index (χ2v) is 7.48. The van der Waals surface area contributed by atoms with Crippen molar-refractivity contribution in [2.24, 2.45) is 5.92 Å². The number of halogens is 1.